The van der Waals surface area contributed by atoms with Crippen LogP contribution in [0.25, 0.3) is 0 Å². The molecule has 1 unspecified atom stereocenters. The summed E-state index contributed by atoms with van der Waals surface area (Å²) in [4.78, 5) is 21.7. The summed E-state index contributed by atoms with van der Waals surface area (Å²) in [5.41, 5.74) is 0.355. The highest BCUT2D eigenvalue weighted by Crippen LogP contribution is 2.35. The van der Waals surface area contributed by atoms with Gasteiger partial charge in [-0.15, -0.1) is 11.3 Å². The van der Waals surface area contributed by atoms with Gasteiger partial charge >= 0.3 is 0 Å². The van der Waals surface area contributed by atoms with Crippen LogP contribution in [0.3, 0.4) is 0 Å². The van der Waals surface area contributed by atoms with E-state index in [0.717, 1.165) is 0 Å². The van der Waals surface area contributed by atoms with Crippen molar-refractivity contribution in [2.75, 3.05) is 13.6 Å². The van der Waals surface area contributed by atoms with Crippen molar-refractivity contribution in [3.8, 4) is 0 Å². The fraction of sp³-hybridized carbons (Fsp3) is 0.400. The van der Waals surface area contributed by atoms with Crippen molar-refractivity contribution in [3.05, 3.63) is 40.1 Å². The summed E-state index contributed by atoms with van der Waals surface area (Å²) in [5.74, 6) is 0.547. The standard InChI is InChI=1S/C15H18N4O3S2/c1-9(2)14-16-6-10(7-17-14)15(20)18-11-8-19(3)24(21,22)12-4-5-23-13(11)12/h4-7,9,11H,8H2,1-3H3,(H,18,20). The smallest absolute Gasteiger partial charge is 0.254 e. The molecule has 7 nitrogen and oxygen atoms in total. The number of likely N-dealkylation sites (N-methyl/N-ethyl adjacent to an activating group) is 1. The minimum absolute atomic E-state index is 0.188. The quantitative estimate of drug-likeness (QED) is 0.894. The lowest BCUT2D eigenvalue weighted by Crippen LogP contribution is -2.42. The van der Waals surface area contributed by atoms with Crippen molar-refractivity contribution in [2.45, 2.75) is 30.7 Å². The Kier molecular flexibility index (Phi) is 4.41. The lowest BCUT2D eigenvalue weighted by atomic mass is 10.2. The van der Waals surface area contributed by atoms with Crippen LogP contribution in [-0.2, 0) is 10.0 Å². The molecule has 0 saturated heterocycles. The number of hydrogen-bond donors (Lipinski definition) is 1. The molecule has 0 aliphatic carbocycles. The van der Waals surface area contributed by atoms with E-state index < -0.39 is 10.0 Å². The maximum absolute atomic E-state index is 12.4. The molecule has 0 fully saturated rings. The normalized spacial score (nSPS) is 19.9. The van der Waals surface area contributed by atoms with Crippen LogP contribution in [0.4, 0.5) is 0 Å². The molecule has 1 atom stereocenters. The number of amides is 1. The molecular formula is C15H18N4O3S2. The fourth-order valence-corrected chi connectivity index (χ4v) is 5.19. The predicted molar refractivity (Wildman–Crippen MR) is 90.5 cm³/mol. The van der Waals surface area contributed by atoms with Crippen LogP contribution < -0.4 is 5.32 Å². The topological polar surface area (TPSA) is 92.3 Å². The average Bonchev–Trinajstić information content (AvgIpc) is 3.04. The molecule has 0 saturated carbocycles. The molecule has 24 heavy (non-hydrogen) atoms. The third-order valence-electron chi connectivity index (χ3n) is 3.86. The van der Waals surface area contributed by atoms with Gasteiger partial charge in [-0.2, -0.15) is 4.31 Å². The number of carbonyl (C=O) groups is 1. The van der Waals surface area contributed by atoms with E-state index in [4.69, 9.17) is 0 Å². The Bertz CT molecular complexity index is 859. The molecule has 128 valence electrons. The second-order valence-electron chi connectivity index (χ2n) is 5.95. The Balaban J connectivity index is 1.83. The number of nitrogens with one attached hydrogen (secondary N) is 1. The van der Waals surface area contributed by atoms with Gasteiger partial charge in [0.15, 0.2) is 0 Å². The maximum atomic E-state index is 12.4. The number of aromatic nitrogens is 2. The summed E-state index contributed by atoms with van der Waals surface area (Å²) in [5, 5.41) is 4.60. The largest absolute Gasteiger partial charge is 0.343 e. The van der Waals surface area contributed by atoms with Crippen molar-refractivity contribution in [2.24, 2.45) is 0 Å². The molecule has 1 amide bonds. The molecule has 9 heteroatoms. The molecule has 3 heterocycles. The van der Waals surface area contributed by atoms with Gasteiger partial charge < -0.3 is 5.32 Å². The number of sulfonamides is 1. The highest BCUT2D eigenvalue weighted by Gasteiger charge is 2.36. The van der Waals surface area contributed by atoms with Gasteiger partial charge in [0, 0.05) is 36.8 Å². The molecule has 2 aromatic heterocycles. The Morgan fingerprint density at radius 3 is 2.67 bits per heavy atom. The van der Waals surface area contributed by atoms with Crippen LogP contribution in [0.1, 0.15) is 46.9 Å². The average molecular weight is 366 g/mol. The van der Waals surface area contributed by atoms with Gasteiger partial charge in [0.1, 0.15) is 5.82 Å². The molecule has 1 aliphatic heterocycles. The van der Waals surface area contributed by atoms with Crippen molar-refractivity contribution in [1.29, 1.82) is 0 Å². The summed E-state index contributed by atoms with van der Waals surface area (Å²) >= 11 is 1.33. The third kappa shape index (κ3) is 2.94. The zero-order valence-corrected chi connectivity index (χ0v) is 15.2. The Labute approximate surface area is 144 Å². The molecular weight excluding hydrogens is 348 g/mol. The number of rotatable bonds is 3. The Morgan fingerprint density at radius 1 is 1.38 bits per heavy atom. The third-order valence-corrected chi connectivity index (χ3v) is 6.90. The lowest BCUT2D eigenvalue weighted by Gasteiger charge is -2.29. The molecule has 2 aromatic rings. The summed E-state index contributed by atoms with van der Waals surface area (Å²) in [6, 6.07) is 1.19. The first-order chi connectivity index (χ1) is 11.3. The van der Waals surface area contributed by atoms with Crippen LogP contribution >= 0.6 is 11.3 Å². The van der Waals surface area contributed by atoms with Crippen LogP contribution in [0.5, 0.6) is 0 Å². The molecule has 1 aliphatic rings. The van der Waals surface area contributed by atoms with Gasteiger partial charge in [-0.3, -0.25) is 4.79 Å². The van der Waals surface area contributed by atoms with Gasteiger partial charge in [-0.25, -0.2) is 18.4 Å². The number of carbonyl (C=O) groups excluding carboxylic acids is 1. The molecule has 1 N–H and O–H groups in total. The van der Waals surface area contributed by atoms with Crippen molar-refractivity contribution < 1.29 is 13.2 Å². The first kappa shape index (κ1) is 17.0. The highest BCUT2D eigenvalue weighted by atomic mass is 32.2. The van der Waals surface area contributed by atoms with Crippen LogP contribution in [-0.4, -0.2) is 42.2 Å². The zero-order valence-electron chi connectivity index (χ0n) is 13.6. The Hall–Kier alpha value is -1.84. The first-order valence-electron chi connectivity index (χ1n) is 7.47. The fourth-order valence-electron chi connectivity index (χ4n) is 2.49. The van der Waals surface area contributed by atoms with Gasteiger partial charge in [-0.1, -0.05) is 13.8 Å². The summed E-state index contributed by atoms with van der Waals surface area (Å²) < 4.78 is 25.8. The zero-order chi connectivity index (χ0) is 17.5. The minimum Gasteiger partial charge on any atom is -0.343 e. The number of fused-ring (bicyclic) bond motifs is 1. The molecule has 0 spiro atoms. The van der Waals surface area contributed by atoms with Crippen LogP contribution in [0.2, 0.25) is 0 Å². The number of nitrogens with zero attached hydrogens (tertiary/aromatic N) is 3. The minimum atomic E-state index is -3.46. The monoisotopic (exact) mass is 366 g/mol. The number of hydrogen-bond acceptors (Lipinski definition) is 6. The number of thiophene rings is 1. The van der Waals surface area contributed by atoms with E-state index in [1.165, 1.54) is 35.1 Å². The van der Waals surface area contributed by atoms with Crippen molar-refractivity contribution >= 4 is 27.3 Å². The molecule has 0 aromatic carbocycles. The van der Waals surface area contributed by atoms with E-state index in [0.29, 0.717) is 16.3 Å². The van der Waals surface area contributed by atoms with E-state index in [9.17, 15) is 13.2 Å². The maximum Gasteiger partial charge on any atom is 0.254 e. The molecule has 3 rings (SSSR count). The second kappa shape index (κ2) is 6.23. The van der Waals surface area contributed by atoms with E-state index in [2.05, 4.69) is 15.3 Å². The van der Waals surface area contributed by atoms with E-state index in [1.807, 2.05) is 13.8 Å². The predicted octanol–water partition coefficient (Wildman–Crippen LogP) is 1.77. The van der Waals surface area contributed by atoms with Crippen LogP contribution in [0, 0.1) is 0 Å². The van der Waals surface area contributed by atoms with Crippen LogP contribution in [0.15, 0.2) is 28.7 Å². The van der Waals surface area contributed by atoms with Crippen molar-refractivity contribution in [1.82, 2.24) is 19.6 Å². The second-order valence-corrected chi connectivity index (χ2v) is 8.91. The van der Waals surface area contributed by atoms with E-state index in [1.54, 1.807) is 11.4 Å². The van der Waals surface area contributed by atoms with Gasteiger partial charge in [0.05, 0.1) is 16.5 Å². The van der Waals surface area contributed by atoms with Gasteiger partial charge in [-0.05, 0) is 11.4 Å². The van der Waals surface area contributed by atoms with E-state index >= 15 is 0 Å². The SMILES string of the molecule is CC(C)c1ncc(C(=O)NC2CN(C)S(=O)(=O)c3ccsc32)cn1. The Morgan fingerprint density at radius 2 is 2.04 bits per heavy atom. The lowest BCUT2D eigenvalue weighted by molar-refractivity contribution is 0.0931. The summed E-state index contributed by atoms with van der Waals surface area (Å²) in [6.07, 6.45) is 2.99. The van der Waals surface area contributed by atoms with Gasteiger partial charge in [0.25, 0.3) is 5.91 Å². The van der Waals surface area contributed by atoms with E-state index in [-0.39, 0.29) is 29.3 Å². The molecule has 0 radical (unpaired) electrons. The van der Waals surface area contributed by atoms with Gasteiger partial charge in [0.2, 0.25) is 10.0 Å². The first-order valence-corrected chi connectivity index (χ1v) is 9.79. The van der Waals surface area contributed by atoms with Crippen molar-refractivity contribution in [3.63, 3.8) is 0 Å². The summed E-state index contributed by atoms with van der Waals surface area (Å²) in [6.45, 7) is 4.16. The highest BCUT2D eigenvalue weighted by molar-refractivity contribution is 7.89. The summed E-state index contributed by atoms with van der Waals surface area (Å²) in [7, 11) is -1.95. The molecule has 0 bridgehead atoms.